The van der Waals surface area contributed by atoms with E-state index in [-0.39, 0.29) is 21.3 Å². The molecular formula is C8H5Cl2N3O. The minimum absolute atomic E-state index is 0.0976. The van der Waals surface area contributed by atoms with Gasteiger partial charge in [0.25, 0.3) is 0 Å². The number of hydrogen-bond acceptors (Lipinski definition) is 2. The number of nitrogens with two attached hydrogens (primary N) is 1. The van der Waals surface area contributed by atoms with Crippen molar-refractivity contribution >= 4 is 34.9 Å². The van der Waals surface area contributed by atoms with Crippen LogP contribution >= 0.6 is 23.2 Å². The van der Waals surface area contributed by atoms with Crippen molar-refractivity contribution in [3.8, 4) is 6.07 Å². The van der Waals surface area contributed by atoms with Crippen molar-refractivity contribution in [2.24, 2.45) is 5.73 Å². The number of nitrogens with zero attached hydrogens (tertiary/aromatic N) is 1. The van der Waals surface area contributed by atoms with Gasteiger partial charge in [0.2, 0.25) is 0 Å². The van der Waals surface area contributed by atoms with Crippen LogP contribution in [0.2, 0.25) is 10.0 Å². The molecule has 6 heteroatoms. The van der Waals surface area contributed by atoms with Crippen LogP contribution in [-0.2, 0) is 0 Å². The summed E-state index contributed by atoms with van der Waals surface area (Å²) in [6.45, 7) is 0. The molecule has 0 aromatic heterocycles. The van der Waals surface area contributed by atoms with E-state index in [0.717, 1.165) is 0 Å². The highest BCUT2D eigenvalue weighted by Gasteiger charge is 2.10. The first-order valence-corrected chi connectivity index (χ1v) is 4.26. The summed E-state index contributed by atoms with van der Waals surface area (Å²) in [4.78, 5) is 10.5. The smallest absolute Gasteiger partial charge is 0.316 e. The number of urea groups is 1. The Kier molecular flexibility index (Phi) is 3.18. The first-order valence-electron chi connectivity index (χ1n) is 3.51. The molecule has 3 N–H and O–H groups in total. The molecular weight excluding hydrogens is 225 g/mol. The third-order valence-corrected chi connectivity index (χ3v) is 2.34. The molecule has 0 atom stereocenters. The lowest BCUT2D eigenvalue weighted by Gasteiger charge is -2.06. The molecule has 72 valence electrons. The molecule has 1 aromatic rings. The fourth-order valence-electron chi connectivity index (χ4n) is 0.865. The summed E-state index contributed by atoms with van der Waals surface area (Å²) in [6, 6.07) is 4.01. The Morgan fingerprint density at radius 1 is 1.43 bits per heavy atom. The number of rotatable bonds is 1. The van der Waals surface area contributed by atoms with E-state index in [1.807, 2.05) is 6.07 Å². The summed E-state index contributed by atoms with van der Waals surface area (Å²) in [6.07, 6.45) is 0. The predicted octanol–water partition coefficient (Wildman–Crippen LogP) is 2.36. The second-order valence-corrected chi connectivity index (χ2v) is 3.15. The summed E-state index contributed by atoms with van der Waals surface area (Å²) in [5.41, 5.74) is 5.42. The number of amides is 2. The highest BCUT2D eigenvalue weighted by atomic mass is 35.5. The number of nitriles is 1. The zero-order chi connectivity index (χ0) is 10.7. The van der Waals surface area contributed by atoms with Crippen LogP contribution in [0.1, 0.15) is 5.56 Å². The Morgan fingerprint density at radius 2 is 2.07 bits per heavy atom. The molecule has 0 saturated carbocycles. The van der Waals surface area contributed by atoms with E-state index in [2.05, 4.69) is 5.32 Å². The Bertz CT molecular complexity index is 425. The lowest BCUT2D eigenvalue weighted by molar-refractivity contribution is 0.259. The van der Waals surface area contributed by atoms with Gasteiger partial charge >= 0.3 is 6.03 Å². The van der Waals surface area contributed by atoms with Gasteiger partial charge in [-0.3, -0.25) is 0 Å². The van der Waals surface area contributed by atoms with Crippen LogP contribution < -0.4 is 11.1 Å². The second kappa shape index (κ2) is 4.18. The van der Waals surface area contributed by atoms with Crippen LogP contribution in [0.15, 0.2) is 12.1 Å². The van der Waals surface area contributed by atoms with Crippen molar-refractivity contribution in [2.75, 3.05) is 5.32 Å². The molecule has 0 fully saturated rings. The minimum atomic E-state index is -0.743. The van der Waals surface area contributed by atoms with E-state index in [1.54, 1.807) is 0 Å². The van der Waals surface area contributed by atoms with Gasteiger partial charge in [0.1, 0.15) is 6.07 Å². The summed E-state index contributed by atoms with van der Waals surface area (Å²) in [5.74, 6) is 0. The lowest BCUT2D eigenvalue weighted by Crippen LogP contribution is -2.19. The van der Waals surface area contributed by atoms with E-state index >= 15 is 0 Å². The van der Waals surface area contributed by atoms with Crippen molar-refractivity contribution in [2.45, 2.75) is 0 Å². The maximum absolute atomic E-state index is 10.5. The van der Waals surface area contributed by atoms with E-state index in [9.17, 15) is 4.79 Å². The normalized spacial score (nSPS) is 9.21. The molecule has 1 rings (SSSR count). The Labute approximate surface area is 90.2 Å². The van der Waals surface area contributed by atoms with Crippen molar-refractivity contribution in [3.05, 3.63) is 27.7 Å². The number of hydrogen-bond donors (Lipinski definition) is 2. The zero-order valence-corrected chi connectivity index (χ0v) is 8.36. The SMILES string of the molecule is N#Cc1ccc(NC(N)=O)c(Cl)c1Cl. The average Bonchev–Trinajstić information content (AvgIpc) is 2.13. The van der Waals surface area contributed by atoms with Gasteiger partial charge in [-0.2, -0.15) is 5.26 Å². The zero-order valence-electron chi connectivity index (χ0n) is 6.84. The first-order chi connectivity index (χ1) is 6.56. The summed E-state index contributed by atoms with van der Waals surface area (Å²) in [7, 11) is 0. The standard InChI is InChI=1S/C8H5Cl2N3O/c9-6-4(3-11)1-2-5(7(6)10)13-8(12)14/h1-2H,(H3,12,13,14). The molecule has 0 aliphatic rings. The quantitative estimate of drug-likeness (QED) is 0.776. The Hall–Kier alpha value is -1.44. The van der Waals surface area contributed by atoms with Gasteiger partial charge in [0.15, 0.2) is 0 Å². The largest absolute Gasteiger partial charge is 0.351 e. The summed E-state index contributed by atoms with van der Waals surface area (Å²) in [5, 5.41) is 11.1. The Balaban J connectivity index is 3.18. The number of primary amides is 1. The maximum Gasteiger partial charge on any atom is 0.316 e. The molecule has 14 heavy (non-hydrogen) atoms. The number of benzene rings is 1. The van der Waals surface area contributed by atoms with Crippen molar-refractivity contribution in [3.63, 3.8) is 0 Å². The van der Waals surface area contributed by atoms with Gasteiger partial charge in [-0.1, -0.05) is 23.2 Å². The molecule has 2 amide bonds. The van der Waals surface area contributed by atoms with Crippen LogP contribution in [0.5, 0.6) is 0 Å². The van der Waals surface area contributed by atoms with Crippen molar-refractivity contribution in [1.82, 2.24) is 0 Å². The fourth-order valence-corrected chi connectivity index (χ4v) is 1.28. The second-order valence-electron chi connectivity index (χ2n) is 2.39. The maximum atomic E-state index is 10.5. The molecule has 0 unspecified atom stereocenters. The number of halogens is 2. The molecule has 4 nitrogen and oxygen atoms in total. The molecule has 0 aliphatic carbocycles. The van der Waals surface area contributed by atoms with Crippen LogP contribution in [0.25, 0.3) is 0 Å². The number of carbonyl (C=O) groups is 1. The molecule has 1 aromatic carbocycles. The summed E-state index contributed by atoms with van der Waals surface area (Å²) < 4.78 is 0. The van der Waals surface area contributed by atoms with Crippen molar-refractivity contribution in [1.29, 1.82) is 5.26 Å². The van der Waals surface area contributed by atoms with Crippen LogP contribution in [-0.4, -0.2) is 6.03 Å². The fraction of sp³-hybridized carbons (Fsp3) is 0. The predicted molar refractivity (Wildman–Crippen MR) is 54.4 cm³/mol. The van der Waals surface area contributed by atoms with E-state index in [1.165, 1.54) is 12.1 Å². The highest BCUT2D eigenvalue weighted by molar-refractivity contribution is 6.44. The molecule has 0 heterocycles. The van der Waals surface area contributed by atoms with E-state index < -0.39 is 6.03 Å². The molecule has 0 bridgehead atoms. The van der Waals surface area contributed by atoms with Gasteiger partial charge in [0, 0.05) is 0 Å². The Morgan fingerprint density at radius 3 is 2.57 bits per heavy atom. The molecule has 0 spiro atoms. The molecule has 0 saturated heterocycles. The van der Waals surface area contributed by atoms with Crippen LogP contribution in [0.4, 0.5) is 10.5 Å². The van der Waals surface area contributed by atoms with Gasteiger partial charge in [-0.15, -0.1) is 0 Å². The van der Waals surface area contributed by atoms with Gasteiger partial charge < -0.3 is 11.1 Å². The highest BCUT2D eigenvalue weighted by Crippen LogP contribution is 2.32. The van der Waals surface area contributed by atoms with E-state index in [4.69, 9.17) is 34.2 Å². The number of anilines is 1. The topological polar surface area (TPSA) is 78.9 Å². The molecule has 0 radical (unpaired) electrons. The summed E-state index contributed by atoms with van der Waals surface area (Å²) >= 11 is 11.5. The number of nitrogens with one attached hydrogen (secondary N) is 1. The monoisotopic (exact) mass is 229 g/mol. The van der Waals surface area contributed by atoms with E-state index in [0.29, 0.717) is 0 Å². The molecule has 0 aliphatic heterocycles. The van der Waals surface area contributed by atoms with Crippen LogP contribution in [0.3, 0.4) is 0 Å². The van der Waals surface area contributed by atoms with Crippen molar-refractivity contribution < 1.29 is 4.79 Å². The minimum Gasteiger partial charge on any atom is -0.351 e. The lowest BCUT2D eigenvalue weighted by atomic mass is 10.2. The van der Waals surface area contributed by atoms with Gasteiger partial charge in [-0.25, -0.2) is 4.79 Å². The third-order valence-electron chi connectivity index (χ3n) is 1.46. The third kappa shape index (κ3) is 2.08. The van der Waals surface area contributed by atoms with Gasteiger partial charge in [-0.05, 0) is 12.1 Å². The average molecular weight is 230 g/mol. The number of carbonyl (C=O) groups excluding carboxylic acids is 1. The first kappa shape index (κ1) is 10.6. The van der Waals surface area contributed by atoms with Gasteiger partial charge in [0.05, 0.1) is 21.3 Å². The van der Waals surface area contributed by atoms with Crippen LogP contribution in [0, 0.1) is 11.3 Å².